The maximum absolute atomic E-state index is 12.0. The largest absolute Gasteiger partial charge is 0.448 e. The average Bonchev–Trinajstić information content (AvgIpc) is 2.47. The Morgan fingerprint density at radius 1 is 1.32 bits per heavy atom. The number of nitrogens with zero attached hydrogens (tertiary/aromatic N) is 2. The SMILES string of the molecule is C[C@H](OC(=O)c1nccnc1N)C(=O)Nc1cccc(Cl)c1. The van der Waals surface area contributed by atoms with Crippen LogP contribution >= 0.6 is 11.6 Å². The van der Waals surface area contributed by atoms with Crippen LogP contribution in [0, 0.1) is 0 Å². The lowest BCUT2D eigenvalue weighted by molar-refractivity contribution is -0.123. The lowest BCUT2D eigenvalue weighted by Crippen LogP contribution is -2.30. The number of anilines is 2. The Hall–Kier alpha value is -2.67. The fraction of sp³-hybridized carbons (Fsp3) is 0.143. The standard InChI is InChI=1S/C14H13ClN4O3/c1-8(13(20)19-10-4-2-3-9(15)7-10)22-14(21)11-12(16)18-6-5-17-11/h2-8H,1H3,(H2,16,18)(H,19,20)/t8-/m0/s1. The minimum absolute atomic E-state index is 0.0602. The van der Waals surface area contributed by atoms with Gasteiger partial charge in [0.1, 0.15) is 0 Å². The fourth-order valence-electron chi connectivity index (χ4n) is 1.59. The zero-order chi connectivity index (χ0) is 16.1. The Labute approximate surface area is 131 Å². The predicted octanol–water partition coefficient (Wildman–Crippen LogP) is 1.90. The van der Waals surface area contributed by atoms with E-state index in [-0.39, 0.29) is 11.5 Å². The number of hydrogen-bond acceptors (Lipinski definition) is 6. The van der Waals surface area contributed by atoms with Gasteiger partial charge in [-0.15, -0.1) is 0 Å². The van der Waals surface area contributed by atoms with Gasteiger partial charge in [0.15, 0.2) is 17.6 Å². The minimum Gasteiger partial charge on any atom is -0.448 e. The number of aromatic nitrogens is 2. The first-order valence-corrected chi connectivity index (χ1v) is 6.69. The lowest BCUT2D eigenvalue weighted by atomic mass is 10.3. The second-order valence-corrected chi connectivity index (χ2v) is 4.77. The number of nitrogens with two attached hydrogens (primary N) is 1. The maximum atomic E-state index is 12.0. The molecule has 0 saturated heterocycles. The summed E-state index contributed by atoms with van der Waals surface area (Å²) in [5, 5.41) is 3.07. The van der Waals surface area contributed by atoms with E-state index in [1.807, 2.05) is 0 Å². The summed E-state index contributed by atoms with van der Waals surface area (Å²) in [5.41, 5.74) is 5.89. The number of nitrogens with one attached hydrogen (secondary N) is 1. The molecule has 3 N–H and O–H groups in total. The summed E-state index contributed by atoms with van der Waals surface area (Å²) < 4.78 is 5.02. The van der Waals surface area contributed by atoms with Crippen LogP contribution in [0.4, 0.5) is 11.5 Å². The third-order valence-corrected chi connectivity index (χ3v) is 2.90. The summed E-state index contributed by atoms with van der Waals surface area (Å²) in [6.45, 7) is 1.43. The van der Waals surface area contributed by atoms with Gasteiger partial charge in [0.25, 0.3) is 5.91 Å². The van der Waals surface area contributed by atoms with Crippen LogP contribution in [0.15, 0.2) is 36.7 Å². The molecule has 0 radical (unpaired) electrons. The molecule has 0 aliphatic heterocycles. The van der Waals surface area contributed by atoms with Crippen molar-refractivity contribution in [3.63, 3.8) is 0 Å². The van der Waals surface area contributed by atoms with Gasteiger partial charge in [-0.1, -0.05) is 17.7 Å². The van der Waals surface area contributed by atoms with E-state index in [2.05, 4.69) is 15.3 Å². The van der Waals surface area contributed by atoms with Crippen molar-refractivity contribution in [1.82, 2.24) is 9.97 Å². The van der Waals surface area contributed by atoms with Gasteiger partial charge in [0.2, 0.25) is 0 Å². The van der Waals surface area contributed by atoms with Gasteiger partial charge in [-0.3, -0.25) is 4.79 Å². The van der Waals surface area contributed by atoms with Crippen molar-refractivity contribution in [3.8, 4) is 0 Å². The van der Waals surface area contributed by atoms with Crippen LogP contribution in [0.1, 0.15) is 17.4 Å². The molecule has 1 aromatic carbocycles. The predicted molar refractivity (Wildman–Crippen MR) is 81.4 cm³/mol. The monoisotopic (exact) mass is 320 g/mol. The smallest absolute Gasteiger partial charge is 0.361 e. The van der Waals surface area contributed by atoms with E-state index in [0.29, 0.717) is 10.7 Å². The van der Waals surface area contributed by atoms with Crippen molar-refractivity contribution in [1.29, 1.82) is 0 Å². The Morgan fingerprint density at radius 2 is 2.05 bits per heavy atom. The van der Waals surface area contributed by atoms with Crippen LogP contribution in [0.3, 0.4) is 0 Å². The van der Waals surface area contributed by atoms with Gasteiger partial charge in [-0.2, -0.15) is 0 Å². The number of carbonyl (C=O) groups excluding carboxylic acids is 2. The Balaban J connectivity index is 1.99. The van der Waals surface area contributed by atoms with Gasteiger partial charge in [0.05, 0.1) is 0 Å². The second kappa shape index (κ2) is 6.86. The Morgan fingerprint density at radius 3 is 2.73 bits per heavy atom. The Kier molecular flexibility index (Phi) is 4.90. The van der Waals surface area contributed by atoms with E-state index >= 15 is 0 Å². The van der Waals surface area contributed by atoms with Crippen molar-refractivity contribution >= 4 is 35.0 Å². The first kappa shape index (κ1) is 15.7. The third-order valence-electron chi connectivity index (χ3n) is 2.67. The number of carbonyl (C=O) groups is 2. The first-order valence-electron chi connectivity index (χ1n) is 6.31. The molecule has 8 heteroatoms. The molecule has 0 bridgehead atoms. The summed E-state index contributed by atoms with van der Waals surface area (Å²) in [6, 6.07) is 6.61. The molecule has 0 aliphatic carbocycles. The molecule has 1 aromatic heterocycles. The Bertz CT molecular complexity index is 708. The molecule has 0 aliphatic rings. The van der Waals surface area contributed by atoms with E-state index in [1.165, 1.54) is 19.3 Å². The normalized spacial score (nSPS) is 11.5. The highest BCUT2D eigenvalue weighted by atomic mass is 35.5. The summed E-state index contributed by atoms with van der Waals surface area (Å²) in [6.07, 6.45) is 1.62. The molecule has 1 amide bonds. The molecule has 0 fully saturated rings. The summed E-state index contributed by atoms with van der Waals surface area (Å²) >= 11 is 5.82. The summed E-state index contributed by atoms with van der Waals surface area (Å²) in [4.78, 5) is 31.4. The highest BCUT2D eigenvalue weighted by molar-refractivity contribution is 6.30. The van der Waals surface area contributed by atoms with E-state index < -0.39 is 18.0 Å². The lowest BCUT2D eigenvalue weighted by Gasteiger charge is -2.13. The molecule has 2 aromatic rings. The molecule has 22 heavy (non-hydrogen) atoms. The number of esters is 1. The molecule has 2 rings (SSSR count). The zero-order valence-corrected chi connectivity index (χ0v) is 12.4. The molecule has 0 unspecified atom stereocenters. The summed E-state index contributed by atoms with van der Waals surface area (Å²) in [5.74, 6) is -1.38. The van der Waals surface area contributed by atoms with Crippen LogP contribution in [-0.2, 0) is 9.53 Å². The van der Waals surface area contributed by atoms with Crippen molar-refractivity contribution in [2.24, 2.45) is 0 Å². The molecular formula is C14H13ClN4O3. The summed E-state index contributed by atoms with van der Waals surface area (Å²) in [7, 11) is 0. The first-order chi connectivity index (χ1) is 10.5. The van der Waals surface area contributed by atoms with Crippen LogP contribution in [-0.4, -0.2) is 27.9 Å². The van der Waals surface area contributed by atoms with Crippen LogP contribution in [0.5, 0.6) is 0 Å². The number of nitrogen functional groups attached to an aromatic ring is 1. The molecule has 0 saturated carbocycles. The molecule has 7 nitrogen and oxygen atoms in total. The number of halogens is 1. The van der Waals surface area contributed by atoms with E-state index in [4.69, 9.17) is 22.1 Å². The van der Waals surface area contributed by atoms with Gasteiger partial charge < -0.3 is 15.8 Å². The van der Waals surface area contributed by atoms with Gasteiger partial charge in [-0.25, -0.2) is 14.8 Å². The van der Waals surface area contributed by atoms with E-state index in [1.54, 1.807) is 24.3 Å². The molecule has 114 valence electrons. The topological polar surface area (TPSA) is 107 Å². The fourth-order valence-corrected chi connectivity index (χ4v) is 1.78. The molecular weight excluding hydrogens is 308 g/mol. The van der Waals surface area contributed by atoms with Crippen LogP contribution in [0.25, 0.3) is 0 Å². The molecule has 0 spiro atoms. The van der Waals surface area contributed by atoms with Crippen LogP contribution < -0.4 is 11.1 Å². The quantitative estimate of drug-likeness (QED) is 0.833. The van der Waals surface area contributed by atoms with Gasteiger partial charge in [0, 0.05) is 23.1 Å². The van der Waals surface area contributed by atoms with Crippen molar-refractivity contribution in [3.05, 3.63) is 47.4 Å². The third kappa shape index (κ3) is 3.92. The number of ether oxygens (including phenoxy) is 1. The molecule has 1 heterocycles. The highest BCUT2D eigenvalue weighted by Crippen LogP contribution is 2.15. The van der Waals surface area contributed by atoms with Crippen LogP contribution in [0.2, 0.25) is 5.02 Å². The van der Waals surface area contributed by atoms with Gasteiger partial charge >= 0.3 is 5.97 Å². The highest BCUT2D eigenvalue weighted by Gasteiger charge is 2.21. The minimum atomic E-state index is -1.03. The number of benzene rings is 1. The second-order valence-electron chi connectivity index (χ2n) is 4.34. The number of rotatable bonds is 4. The molecule has 1 atom stereocenters. The van der Waals surface area contributed by atoms with Crippen molar-refractivity contribution in [2.45, 2.75) is 13.0 Å². The van der Waals surface area contributed by atoms with Crippen molar-refractivity contribution in [2.75, 3.05) is 11.1 Å². The number of amides is 1. The van der Waals surface area contributed by atoms with Gasteiger partial charge in [-0.05, 0) is 25.1 Å². The van der Waals surface area contributed by atoms with E-state index in [9.17, 15) is 9.59 Å². The van der Waals surface area contributed by atoms with Crippen molar-refractivity contribution < 1.29 is 14.3 Å². The maximum Gasteiger partial charge on any atom is 0.361 e. The zero-order valence-electron chi connectivity index (χ0n) is 11.6. The number of hydrogen-bond donors (Lipinski definition) is 2. The van der Waals surface area contributed by atoms with E-state index in [0.717, 1.165) is 0 Å². The average molecular weight is 321 g/mol.